The summed E-state index contributed by atoms with van der Waals surface area (Å²) in [6, 6.07) is 8.48. The minimum Gasteiger partial charge on any atom is -0.481 e. The third kappa shape index (κ3) is 4.14. The highest BCUT2D eigenvalue weighted by molar-refractivity contribution is 7.15. The first-order valence-electron chi connectivity index (χ1n) is 7.43. The average molecular weight is 303 g/mol. The van der Waals surface area contributed by atoms with Gasteiger partial charge in [-0.3, -0.25) is 4.79 Å². The van der Waals surface area contributed by atoms with E-state index in [0.717, 1.165) is 40.4 Å². The molecule has 112 valence electrons. The molecule has 0 radical (unpaired) electrons. The van der Waals surface area contributed by atoms with Gasteiger partial charge in [0.25, 0.3) is 0 Å². The van der Waals surface area contributed by atoms with Crippen molar-refractivity contribution in [2.24, 2.45) is 0 Å². The number of carbonyl (C=O) groups is 1. The Hall–Kier alpha value is -1.68. The molecule has 0 saturated carbocycles. The van der Waals surface area contributed by atoms with Crippen molar-refractivity contribution in [1.82, 2.24) is 4.98 Å². The van der Waals surface area contributed by atoms with Gasteiger partial charge in [0.2, 0.25) is 0 Å². The fraction of sp³-hybridized carbons (Fsp3) is 0.412. The van der Waals surface area contributed by atoms with Crippen molar-refractivity contribution in [1.29, 1.82) is 0 Å². The van der Waals surface area contributed by atoms with Gasteiger partial charge in [0, 0.05) is 10.4 Å². The zero-order valence-corrected chi connectivity index (χ0v) is 13.4. The zero-order chi connectivity index (χ0) is 15.2. The van der Waals surface area contributed by atoms with E-state index < -0.39 is 5.97 Å². The predicted molar refractivity (Wildman–Crippen MR) is 86.9 cm³/mol. The fourth-order valence-corrected chi connectivity index (χ4v) is 3.35. The van der Waals surface area contributed by atoms with Crippen LogP contribution in [-0.2, 0) is 24.1 Å². The fourth-order valence-electron chi connectivity index (χ4n) is 2.24. The molecule has 2 aromatic rings. The van der Waals surface area contributed by atoms with E-state index in [-0.39, 0.29) is 6.42 Å². The highest BCUT2D eigenvalue weighted by Gasteiger charge is 2.13. The van der Waals surface area contributed by atoms with Crippen LogP contribution in [0.5, 0.6) is 0 Å². The Morgan fingerprint density at radius 2 is 1.90 bits per heavy atom. The van der Waals surface area contributed by atoms with Gasteiger partial charge in [-0.1, -0.05) is 44.5 Å². The Kier molecular flexibility index (Phi) is 5.51. The van der Waals surface area contributed by atoms with E-state index in [0.29, 0.717) is 6.42 Å². The summed E-state index contributed by atoms with van der Waals surface area (Å²) < 4.78 is 0. The van der Waals surface area contributed by atoms with Gasteiger partial charge >= 0.3 is 5.97 Å². The van der Waals surface area contributed by atoms with Crippen LogP contribution in [0.3, 0.4) is 0 Å². The Morgan fingerprint density at radius 1 is 1.19 bits per heavy atom. The van der Waals surface area contributed by atoms with Gasteiger partial charge < -0.3 is 5.11 Å². The number of carboxylic acid groups (broad SMARTS) is 1. The molecule has 0 aliphatic rings. The maximum atomic E-state index is 10.8. The van der Waals surface area contributed by atoms with Gasteiger partial charge in [-0.25, -0.2) is 4.98 Å². The van der Waals surface area contributed by atoms with Crippen molar-refractivity contribution in [2.75, 3.05) is 0 Å². The van der Waals surface area contributed by atoms with E-state index in [1.165, 1.54) is 5.56 Å². The van der Waals surface area contributed by atoms with Crippen molar-refractivity contribution in [2.45, 2.75) is 46.0 Å². The van der Waals surface area contributed by atoms with Gasteiger partial charge in [-0.15, -0.1) is 11.3 Å². The molecule has 2 rings (SSSR count). The van der Waals surface area contributed by atoms with Crippen LogP contribution in [0.15, 0.2) is 24.3 Å². The molecule has 1 aromatic carbocycles. The maximum Gasteiger partial charge on any atom is 0.303 e. The third-order valence-electron chi connectivity index (χ3n) is 3.44. The van der Waals surface area contributed by atoms with Crippen LogP contribution >= 0.6 is 11.3 Å². The number of aliphatic carboxylic acids is 1. The van der Waals surface area contributed by atoms with Crippen molar-refractivity contribution < 1.29 is 9.90 Å². The minimum absolute atomic E-state index is 0.174. The summed E-state index contributed by atoms with van der Waals surface area (Å²) in [5, 5.41) is 9.86. The quantitative estimate of drug-likeness (QED) is 0.827. The highest BCUT2D eigenvalue weighted by atomic mass is 32.1. The SMILES string of the molecule is CCCc1nc(-c2ccc(CC)cc2)sc1CCC(=O)O. The second-order valence-electron chi connectivity index (χ2n) is 5.08. The minimum atomic E-state index is -0.750. The van der Waals surface area contributed by atoms with Crippen LogP contribution in [0.4, 0.5) is 0 Å². The van der Waals surface area contributed by atoms with Crippen LogP contribution in [0.1, 0.15) is 42.8 Å². The first-order valence-corrected chi connectivity index (χ1v) is 8.25. The van der Waals surface area contributed by atoms with E-state index in [1.54, 1.807) is 11.3 Å². The molecule has 1 heterocycles. The van der Waals surface area contributed by atoms with E-state index in [2.05, 4.69) is 38.1 Å². The van der Waals surface area contributed by atoms with Crippen molar-refractivity contribution >= 4 is 17.3 Å². The lowest BCUT2D eigenvalue weighted by molar-refractivity contribution is -0.136. The highest BCUT2D eigenvalue weighted by Crippen LogP contribution is 2.30. The molecule has 0 aliphatic carbocycles. The molecule has 0 fully saturated rings. The summed E-state index contributed by atoms with van der Waals surface area (Å²) in [4.78, 5) is 16.6. The maximum absolute atomic E-state index is 10.8. The molecular formula is C17H21NO2S. The van der Waals surface area contributed by atoms with Crippen LogP contribution in [0, 0.1) is 0 Å². The largest absolute Gasteiger partial charge is 0.481 e. The standard InChI is InChI=1S/C17H21NO2S/c1-3-5-14-15(10-11-16(19)20)21-17(18-14)13-8-6-12(4-2)7-9-13/h6-9H,3-5,10-11H2,1-2H3,(H,19,20). The Labute approximate surface area is 129 Å². The summed E-state index contributed by atoms with van der Waals surface area (Å²) >= 11 is 1.63. The lowest BCUT2D eigenvalue weighted by Gasteiger charge is -1.98. The Morgan fingerprint density at radius 3 is 2.48 bits per heavy atom. The number of hydrogen-bond acceptors (Lipinski definition) is 3. The van der Waals surface area contributed by atoms with Crippen molar-refractivity contribution in [3.63, 3.8) is 0 Å². The smallest absolute Gasteiger partial charge is 0.303 e. The monoisotopic (exact) mass is 303 g/mol. The average Bonchev–Trinajstić information content (AvgIpc) is 2.89. The summed E-state index contributed by atoms with van der Waals surface area (Å²) in [6.07, 6.45) is 3.72. The van der Waals surface area contributed by atoms with Gasteiger partial charge in [0.15, 0.2) is 0 Å². The van der Waals surface area contributed by atoms with E-state index in [9.17, 15) is 4.79 Å². The number of aromatic nitrogens is 1. The molecule has 0 amide bonds. The lowest BCUT2D eigenvalue weighted by atomic mass is 10.1. The molecule has 0 saturated heterocycles. The molecule has 3 nitrogen and oxygen atoms in total. The number of hydrogen-bond donors (Lipinski definition) is 1. The number of rotatable bonds is 7. The molecule has 0 spiro atoms. The van der Waals surface area contributed by atoms with Crippen LogP contribution in [0.25, 0.3) is 10.6 Å². The molecule has 0 aliphatic heterocycles. The molecule has 21 heavy (non-hydrogen) atoms. The molecular weight excluding hydrogens is 282 g/mol. The number of nitrogens with zero attached hydrogens (tertiary/aromatic N) is 1. The summed E-state index contributed by atoms with van der Waals surface area (Å²) in [6.45, 7) is 4.26. The normalized spacial score (nSPS) is 10.8. The molecule has 4 heteroatoms. The van der Waals surface area contributed by atoms with Crippen LogP contribution in [0.2, 0.25) is 0 Å². The molecule has 0 unspecified atom stereocenters. The molecule has 0 bridgehead atoms. The van der Waals surface area contributed by atoms with E-state index in [4.69, 9.17) is 10.1 Å². The second kappa shape index (κ2) is 7.36. The van der Waals surface area contributed by atoms with Crippen LogP contribution in [-0.4, -0.2) is 16.1 Å². The first kappa shape index (κ1) is 15.7. The predicted octanol–water partition coefficient (Wildman–Crippen LogP) is 4.34. The Balaban J connectivity index is 2.26. The first-order chi connectivity index (χ1) is 10.1. The summed E-state index contributed by atoms with van der Waals surface area (Å²) in [7, 11) is 0. The van der Waals surface area contributed by atoms with Gasteiger partial charge in [0.1, 0.15) is 5.01 Å². The molecule has 1 N–H and O–H groups in total. The molecule has 1 aromatic heterocycles. The number of thiazole rings is 1. The van der Waals surface area contributed by atoms with Crippen LogP contribution < -0.4 is 0 Å². The van der Waals surface area contributed by atoms with E-state index >= 15 is 0 Å². The second-order valence-corrected chi connectivity index (χ2v) is 6.17. The van der Waals surface area contributed by atoms with E-state index in [1.807, 2.05) is 0 Å². The summed E-state index contributed by atoms with van der Waals surface area (Å²) in [5.41, 5.74) is 3.50. The topological polar surface area (TPSA) is 50.2 Å². The zero-order valence-electron chi connectivity index (χ0n) is 12.6. The van der Waals surface area contributed by atoms with Gasteiger partial charge in [0.05, 0.1) is 12.1 Å². The van der Waals surface area contributed by atoms with Crippen molar-refractivity contribution in [3.05, 3.63) is 40.4 Å². The number of aryl methyl sites for hydroxylation is 3. The van der Waals surface area contributed by atoms with Crippen molar-refractivity contribution in [3.8, 4) is 10.6 Å². The lowest BCUT2D eigenvalue weighted by Crippen LogP contribution is -1.98. The Bertz CT molecular complexity index is 602. The van der Waals surface area contributed by atoms with Gasteiger partial charge in [-0.05, 0) is 24.8 Å². The number of carboxylic acids is 1. The molecule has 0 atom stereocenters. The van der Waals surface area contributed by atoms with Gasteiger partial charge in [-0.2, -0.15) is 0 Å². The number of benzene rings is 1. The third-order valence-corrected chi connectivity index (χ3v) is 4.65. The summed E-state index contributed by atoms with van der Waals surface area (Å²) in [5.74, 6) is -0.750.